The van der Waals surface area contributed by atoms with Gasteiger partial charge in [-0.25, -0.2) is 9.48 Å². The molecule has 136 valence electrons. The van der Waals surface area contributed by atoms with Gasteiger partial charge in [0, 0.05) is 23.0 Å². The highest BCUT2D eigenvalue weighted by Crippen LogP contribution is 2.28. The number of rotatable bonds is 5. The molecule has 0 aliphatic carbocycles. The zero-order valence-corrected chi connectivity index (χ0v) is 16.2. The number of anilines is 1. The second kappa shape index (κ2) is 7.33. The van der Waals surface area contributed by atoms with Gasteiger partial charge in [0.05, 0.1) is 10.7 Å². The van der Waals surface area contributed by atoms with Crippen LogP contribution in [0.1, 0.15) is 37.3 Å². The molecular weight excluding hydrogens is 400 g/mol. The lowest BCUT2D eigenvalue weighted by atomic mass is 10.2. The number of carbonyl (C=O) groups is 2. The fourth-order valence-electron chi connectivity index (χ4n) is 2.57. The van der Waals surface area contributed by atoms with Crippen LogP contribution in [0.15, 0.2) is 41.0 Å². The highest BCUT2D eigenvalue weighted by molar-refractivity contribution is 9.10. The third-order valence-corrected chi connectivity index (χ3v) is 4.73. The fourth-order valence-corrected chi connectivity index (χ4v) is 3.18. The third-order valence-electron chi connectivity index (χ3n) is 3.91. The molecule has 7 nitrogen and oxygen atoms in total. The van der Waals surface area contributed by atoms with Crippen molar-refractivity contribution in [2.75, 3.05) is 5.32 Å². The maximum absolute atomic E-state index is 12.4. The SMILES string of the molecule is CC(OC(=O)c1[nH]c2ccccc2c1Br)C(=O)Nc1ccnn1C(C)C. The summed E-state index contributed by atoms with van der Waals surface area (Å²) in [6, 6.07) is 9.29. The Balaban J connectivity index is 1.71. The summed E-state index contributed by atoms with van der Waals surface area (Å²) < 4.78 is 7.61. The van der Waals surface area contributed by atoms with Crippen molar-refractivity contribution in [2.24, 2.45) is 0 Å². The second-order valence-corrected chi connectivity index (χ2v) is 6.94. The van der Waals surface area contributed by atoms with Gasteiger partial charge in [0.25, 0.3) is 5.91 Å². The largest absolute Gasteiger partial charge is 0.448 e. The van der Waals surface area contributed by atoms with Gasteiger partial charge in [-0.05, 0) is 42.8 Å². The number of H-pyrrole nitrogens is 1. The van der Waals surface area contributed by atoms with Crippen LogP contribution >= 0.6 is 15.9 Å². The van der Waals surface area contributed by atoms with Crippen molar-refractivity contribution in [1.82, 2.24) is 14.8 Å². The Morgan fingerprint density at radius 2 is 1.96 bits per heavy atom. The van der Waals surface area contributed by atoms with Crippen LogP contribution in [0.4, 0.5) is 5.82 Å². The van der Waals surface area contributed by atoms with Crippen LogP contribution in [0, 0.1) is 0 Å². The number of para-hydroxylation sites is 1. The van der Waals surface area contributed by atoms with Crippen LogP contribution in [-0.4, -0.2) is 32.7 Å². The van der Waals surface area contributed by atoms with Crippen LogP contribution in [0.3, 0.4) is 0 Å². The molecule has 0 saturated carbocycles. The van der Waals surface area contributed by atoms with Crippen molar-refractivity contribution in [3.05, 3.63) is 46.7 Å². The monoisotopic (exact) mass is 418 g/mol. The first-order valence-corrected chi connectivity index (χ1v) is 8.99. The minimum absolute atomic E-state index is 0.0976. The Bertz CT molecular complexity index is 960. The minimum Gasteiger partial charge on any atom is -0.448 e. The predicted molar refractivity (Wildman–Crippen MR) is 102 cm³/mol. The first-order chi connectivity index (χ1) is 12.4. The van der Waals surface area contributed by atoms with Crippen molar-refractivity contribution in [3.8, 4) is 0 Å². The van der Waals surface area contributed by atoms with Gasteiger partial charge in [-0.15, -0.1) is 0 Å². The molecule has 2 aromatic heterocycles. The molecule has 0 saturated heterocycles. The molecule has 1 atom stereocenters. The molecule has 1 unspecified atom stereocenters. The van der Waals surface area contributed by atoms with E-state index in [0.717, 1.165) is 10.9 Å². The molecular formula is C18H19BrN4O3. The molecule has 0 spiro atoms. The van der Waals surface area contributed by atoms with E-state index in [1.807, 2.05) is 38.1 Å². The van der Waals surface area contributed by atoms with Crippen LogP contribution in [0.5, 0.6) is 0 Å². The molecule has 0 bridgehead atoms. The zero-order valence-electron chi connectivity index (χ0n) is 14.6. The lowest BCUT2D eigenvalue weighted by Gasteiger charge is -2.15. The van der Waals surface area contributed by atoms with Crippen molar-refractivity contribution in [1.29, 1.82) is 0 Å². The van der Waals surface area contributed by atoms with Crippen molar-refractivity contribution >= 4 is 44.5 Å². The lowest BCUT2D eigenvalue weighted by molar-refractivity contribution is -0.123. The Labute approximate surface area is 158 Å². The van der Waals surface area contributed by atoms with Gasteiger partial charge in [0.15, 0.2) is 6.10 Å². The van der Waals surface area contributed by atoms with E-state index in [1.165, 1.54) is 6.92 Å². The molecule has 0 aliphatic rings. The number of esters is 1. The Hall–Kier alpha value is -2.61. The van der Waals surface area contributed by atoms with Gasteiger partial charge in [-0.1, -0.05) is 18.2 Å². The second-order valence-electron chi connectivity index (χ2n) is 6.15. The van der Waals surface area contributed by atoms with Gasteiger partial charge >= 0.3 is 5.97 Å². The van der Waals surface area contributed by atoms with Crippen LogP contribution < -0.4 is 5.32 Å². The molecule has 3 rings (SSSR count). The number of hydrogen-bond acceptors (Lipinski definition) is 4. The van der Waals surface area contributed by atoms with Crippen molar-refractivity contribution in [2.45, 2.75) is 32.9 Å². The number of nitrogens with zero attached hydrogens (tertiary/aromatic N) is 2. The summed E-state index contributed by atoms with van der Waals surface area (Å²) in [4.78, 5) is 27.8. The van der Waals surface area contributed by atoms with E-state index in [0.29, 0.717) is 10.3 Å². The molecule has 0 aliphatic heterocycles. The molecule has 2 heterocycles. The molecule has 26 heavy (non-hydrogen) atoms. The van der Waals surface area contributed by atoms with E-state index in [4.69, 9.17) is 4.74 Å². The van der Waals surface area contributed by atoms with Gasteiger partial charge in [0.2, 0.25) is 0 Å². The number of fused-ring (bicyclic) bond motifs is 1. The molecule has 1 amide bonds. The Morgan fingerprint density at radius 1 is 1.23 bits per heavy atom. The van der Waals surface area contributed by atoms with E-state index in [9.17, 15) is 9.59 Å². The highest BCUT2D eigenvalue weighted by atomic mass is 79.9. The molecule has 0 fully saturated rings. The van der Waals surface area contributed by atoms with Crippen LogP contribution in [0.25, 0.3) is 10.9 Å². The summed E-state index contributed by atoms with van der Waals surface area (Å²) in [5, 5.41) is 7.76. The zero-order chi connectivity index (χ0) is 18.8. The molecule has 1 aromatic carbocycles. The lowest BCUT2D eigenvalue weighted by Crippen LogP contribution is -2.31. The number of ether oxygens (including phenoxy) is 1. The Kier molecular flexibility index (Phi) is 5.13. The number of benzene rings is 1. The van der Waals surface area contributed by atoms with Gasteiger partial charge in [0.1, 0.15) is 11.5 Å². The van der Waals surface area contributed by atoms with Crippen molar-refractivity contribution < 1.29 is 14.3 Å². The number of amides is 1. The molecule has 3 aromatic rings. The standard InChI is InChI=1S/C18H19BrN4O3/c1-10(2)23-14(8-9-20-23)22-17(24)11(3)26-18(25)16-15(19)12-6-4-5-7-13(12)21-16/h4-11,21H,1-3H3,(H,22,24). The van der Waals surface area contributed by atoms with E-state index in [1.54, 1.807) is 16.9 Å². The van der Waals surface area contributed by atoms with Crippen molar-refractivity contribution in [3.63, 3.8) is 0 Å². The van der Waals surface area contributed by atoms with E-state index >= 15 is 0 Å². The summed E-state index contributed by atoms with van der Waals surface area (Å²) in [5.74, 6) is -0.472. The quantitative estimate of drug-likeness (QED) is 0.614. The van der Waals surface area contributed by atoms with E-state index in [-0.39, 0.29) is 11.7 Å². The average Bonchev–Trinajstić information content (AvgIpc) is 3.20. The highest BCUT2D eigenvalue weighted by Gasteiger charge is 2.23. The van der Waals surface area contributed by atoms with Crippen LogP contribution in [0.2, 0.25) is 0 Å². The van der Waals surface area contributed by atoms with Crippen LogP contribution in [-0.2, 0) is 9.53 Å². The molecule has 2 N–H and O–H groups in total. The number of aromatic nitrogens is 3. The number of aromatic amines is 1. The normalized spacial score (nSPS) is 12.3. The maximum atomic E-state index is 12.4. The summed E-state index contributed by atoms with van der Waals surface area (Å²) in [6.45, 7) is 5.44. The number of nitrogens with one attached hydrogen (secondary N) is 2. The van der Waals surface area contributed by atoms with Gasteiger partial charge in [-0.2, -0.15) is 5.10 Å². The molecule has 8 heteroatoms. The summed E-state index contributed by atoms with van der Waals surface area (Å²) in [5.41, 5.74) is 1.09. The first kappa shape index (κ1) is 18.2. The first-order valence-electron chi connectivity index (χ1n) is 8.20. The smallest absolute Gasteiger partial charge is 0.356 e. The minimum atomic E-state index is -0.962. The summed E-state index contributed by atoms with van der Waals surface area (Å²) in [7, 11) is 0. The topological polar surface area (TPSA) is 89.0 Å². The average molecular weight is 419 g/mol. The van der Waals surface area contributed by atoms with Gasteiger partial charge < -0.3 is 15.0 Å². The number of halogens is 1. The number of carbonyl (C=O) groups excluding carboxylic acids is 2. The summed E-state index contributed by atoms with van der Waals surface area (Å²) >= 11 is 3.41. The number of hydrogen-bond donors (Lipinski definition) is 2. The fraction of sp³-hybridized carbons (Fsp3) is 0.278. The van der Waals surface area contributed by atoms with Gasteiger partial charge in [-0.3, -0.25) is 4.79 Å². The van der Waals surface area contributed by atoms with E-state index in [2.05, 4.69) is 31.3 Å². The Morgan fingerprint density at radius 3 is 2.65 bits per heavy atom. The third kappa shape index (κ3) is 3.50. The predicted octanol–water partition coefficient (Wildman–Crippen LogP) is 3.89. The summed E-state index contributed by atoms with van der Waals surface area (Å²) in [6.07, 6.45) is 0.643. The molecule has 0 radical (unpaired) electrons. The van der Waals surface area contributed by atoms with E-state index < -0.39 is 18.0 Å². The maximum Gasteiger partial charge on any atom is 0.356 e.